The first-order valence-electron chi connectivity index (χ1n) is 3.96. The largest absolute Gasteiger partial charge is 0.463 e. The minimum atomic E-state index is -0.466. The van der Waals surface area contributed by atoms with Gasteiger partial charge in [0.1, 0.15) is 0 Å². The van der Waals surface area contributed by atoms with Gasteiger partial charge < -0.3 is 4.74 Å². The van der Waals surface area contributed by atoms with Crippen LogP contribution in [0.3, 0.4) is 0 Å². The quantitative estimate of drug-likeness (QED) is 0.472. The molecule has 0 aliphatic heterocycles. The van der Waals surface area contributed by atoms with Crippen LogP contribution in [0.4, 0.5) is 0 Å². The van der Waals surface area contributed by atoms with E-state index < -0.39 is 5.97 Å². The van der Waals surface area contributed by atoms with E-state index in [2.05, 4.69) is 4.74 Å². The third-order valence-electron chi connectivity index (χ3n) is 1.24. The Labute approximate surface area is 72.4 Å². The first-order chi connectivity index (χ1) is 5.57. The maximum Gasteiger partial charge on any atom is 0.330 e. The van der Waals surface area contributed by atoms with Gasteiger partial charge in [-0.1, -0.05) is 13.8 Å². The lowest BCUT2D eigenvalue weighted by Gasteiger charge is -1.96. The van der Waals surface area contributed by atoms with Gasteiger partial charge in [-0.2, -0.15) is 0 Å². The summed E-state index contributed by atoms with van der Waals surface area (Å²) in [6, 6.07) is 0. The molecule has 3 nitrogen and oxygen atoms in total. The topological polar surface area (TPSA) is 43.4 Å². The molecular formula is C9H14O3. The Morgan fingerprint density at radius 1 is 1.33 bits per heavy atom. The summed E-state index contributed by atoms with van der Waals surface area (Å²) in [5.74, 6) is -0.606. The van der Waals surface area contributed by atoms with Crippen LogP contribution in [0, 0.1) is 5.92 Å². The number of ether oxygens (including phenoxy) is 1. The van der Waals surface area contributed by atoms with E-state index in [-0.39, 0.29) is 11.7 Å². The SMILES string of the molecule is CCOC(=O)C=CC(=O)C(C)C. The number of allylic oxidation sites excluding steroid dienone is 1. The van der Waals surface area contributed by atoms with Crippen molar-refractivity contribution < 1.29 is 14.3 Å². The molecule has 0 heterocycles. The van der Waals surface area contributed by atoms with Crippen molar-refractivity contribution in [3.8, 4) is 0 Å². The highest BCUT2D eigenvalue weighted by atomic mass is 16.5. The normalized spacial score (nSPS) is 10.7. The van der Waals surface area contributed by atoms with Gasteiger partial charge in [-0.3, -0.25) is 4.79 Å². The highest BCUT2D eigenvalue weighted by molar-refractivity contribution is 5.96. The van der Waals surface area contributed by atoms with Crippen LogP contribution < -0.4 is 0 Å². The molecule has 0 spiro atoms. The minimum absolute atomic E-state index is 0.0666. The van der Waals surface area contributed by atoms with Crippen molar-refractivity contribution >= 4 is 11.8 Å². The molecule has 0 radical (unpaired) electrons. The first-order valence-corrected chi connectivity index (χ1v) is 3.96. The van der Waals surface area contributed by atoms with E-state index in [0.29, 0.717) is 6.61 Å². The fraction of sp³-hybridized carbons (Fsp3) is 0.556. The summed E-state index contributed by atoms with van der Waals surface area (Å²) in [5, 5.41) is 0. The number of ketones is 1. The molecule has 0 aromatic carbocycles. The van der Waals surface area contributed by atoms with Gasteiger partial charge in [-0.15, -0.1) is 0 Å². The summed E-state index contributed by atoms with van der Waals surface area (Å²) >= 11 is 0. The first kappa shape index (κ1) is 10.9. The zero-order valence-electron chi connectivity index (χ0n) is 7.66. The van der Waals surface area contributed by atoms with Crippen LogP contribution in [-0.4, -0.2) is 18.4 Å². The van der Waals surface area contributed by atoms with Crippen LogP contribution in [-0.2, 0) is 14.3 Å². The van der Waals surface area contributed by atoms with Gasteiger partial charge in [0.05, 0.1) is 6.61 Å². The van der Waals surface area contributed by atoms with Crippen molar-refractivity contribution in [2.75, 3.05) is 6.61 Å². The summed E-state index contributed by atoms with van der Waals surface area (Å²) < 4.78 is 4.59. The Morgan fingerprint density at radius 3 is 2.33 bits per heavy atom. The summed E-state index contributed by atoms with van der Waals surface area (Å²) in [6.45, 7) is 5.60. The predicted molar refractivity (Wildman–Crippen MR) is 45.6 cm³/mol. The molecule has 0 atom stereocenters. The molecule has 0 amide bonds. The molecule has 0 unspecified atom stereocenters. The lowest BCUT2D eigenvalue weighted by Crippen LogP contribution is -2.05. The molecule has 68 valence electrons. The number of carbonyl (C=O) groups is 2. The Hall–Kier alpha value is -1.12. The standard InChI is InChI=1S/C9H14O3/c1-4-12-9(11)6-5-8(10)7(2)3/h5-7H,4H2,1-3H3. The number of hydrogen-bond acceptors (Lipinski definition) is 3. The average Bonchev–Trinajstić information content (AvgIpc) is 2.00. The minimum Gasteiger partial charge on any atom is -0.463 e. The molecule has 0 aliphatic rings. The van der Waals surface area contributed by atoms with Gasteiger partial charge in [-0.25, -0.2) is 4.79 Å². The molecule has 0 bridgehead atoms. The van der Waals surface area contributed by atoms with Gasteiger partial charge in [0.2, 0.25) is 0 Å². The molecule has 0 aromatic heterocycles. The fourth-order valence-electron chi connectivity index (χ4n) is 0.533. The number of hydrogen-bond donors (Lipinski definition) is 0. The summed E-state index contributed by atoms with van der Waals surface area (Å²) in [5.41, 5.74) is 0. The van der Waals surface area contributed by atoms with Gasteiger partial charge in [0, 0.05) is 12.0 Å². The van der Waals surface area contributed by atoms with E-state index in [1.165, 1.54) is 6.08 Å². The lowest BCUT2D eigenvalue weighted by atomic mass is 10.1. The number of rotatable bonds is 4. The van der Waals surface area contributed by atoms with Crippen molar-refractivity contribution in [1.29, 1.82) is 0 Å². The van der Waals surface area contributed by atoms with Crippen LogP contribution in [0.5, 0.6) is 0 Å². The molecule has 0 saturated heterocycles. The highest BCUT2D eigenvalue weighted by Gasteiger charge is 2.02. The summed E-state index contributed by atoms with van der Waals surface area (Å²) in [6.07, 6.45) is 2.41. The predicted octanol–water partition coefficient (Wildman–Crippen LogP) is 1.33. The third-order valence-corrected chi connectivity index (χ3v) is 1.24. The van der Waals surface area contributed by atoms with Gasteiger partial charge >= 0.3 is 5.97 Å². The van der Waals surface area contributed by atoms with E-state index in [1.807, 2.05) is 0 Å². The maximum atomic E-state index is 11.0. The van der Waals surface area contributed by atoms with E-state index in [1.54, 1.807) is 20.8 Å². The zero-order chi connectivity index (χ0) is 9.56. The number of esters is 1. The fourth-order valence-corrected chi connectivity index (χ4v) is 0.533. The molecule has 3 heteroatoms. The average molecular weight is 170 g/mol. The van der Waals surface area contributed by atoms with Gasteiger partial charge in [0.15, 0.2) is 5.78 Å². The Bertz CT molecular complexity index is 192. The van der Waals surface area contributed by atoms with E-state index in [4.69, 9.17) is 0 Å². The van der Waals surface area contributed by atoms with Crippen LogP contribution in [0.2, 0.25) is 0 Å². The molecule has 0 aliphatic carbocycles. The molecular weight excluding hydrogens is 156 g/mol. The zero-order valence-corrected chi connectivity index (χ0v) is 7.66. The smallest absolute Gasteiger partial charge is 0.330 e. The van der Waals surface area contributed by atoms with Crippen molar-refractivity contribution in [3.63, 3.8) is 0 Å². The second-order valence-corrected chi connectivity index (χ2v) is 2.64. The Balaban J connectivity index is 3.90. The van der Waals surface area contributed by atoms with E-state index >= 15 is 0 Å². The van der Waals surface area contributed by atoms with Crippen LogP contribution in [0.15, 0.2) is 12.2 Å². The van der Waals surface area contributed by atoms with Crippen LogP contribution in [0.1, 0.15) is 20.8 Å². The van der Waals surface area contributed by atoms with Crippen molar-refractivity contribution in [3.05, 3.63) is 12.2 Å². The van der Waals surface area contributed by atoms with Crippen molar-refractivity contribution in [2.45, 2.75) is 20.8 Å². The van der Waals surface area contributed by atoms with Crippen LogP contribution >= 0.6 is 0 Å². The molecule has 0 rings (SSSR count). The molecule has 12 heavy (non-hydrogen) atoms. The maximum absolute atomic E-state index is 11.0. The summed E-state index contributed by atoms with van der Waals surface area (Å²) in [4.78, 5) is 21.7. The van der Waals surface area contributed by atoms with E-state index in [9.17, 15) is 9.59 Å². The lowest BCUT2D eigenvalue weighted by molar-refractivity contribution is -0.137. The number of carbonyl (C=O) groups excluding carboxylic acids is 2. The van der Waals surface area contributed by atoms with Gasteiger partial charge in [-0.05, 0) is 13.0 Å². The second kappa shape index (κ2) is 5.52. The highest BCUT2D eigenvalue weighted by Crippen LogP contribution is 1.95. The molecule has 0 N–H and O–H groups in total. The second-order valence-electron chi connectivity index (χ2n) is 2.64. The monoisotopic (exact) mass is 170 g/mol. The third kappa shape index (κ3) is 4.66. The molecule has 0 fully saturated rings. The van der Waals surface area contributed by atoms with E-state index in [0.717, 1.165) is 6.08 Å². The Morgan fingerprint density at radius 2 is 1.92 bits per heavy atom. The molecule has 0 aromatic rings. The van der Waals surface area contributed by atoms with Crippen LogP contribution in [0.25, 0.3) is 0 Å². The summed E-state index contributed by atoms with van der Waals surface area (Å²) in [7, 11) is 0. The van der Waals surface area contributed by atoms with Gasteiger partial charge in [0.25, 0.3) is 0 Å². The van der Waals surface area contributed by atoms with Crippen molar-refractivity contribution in [1.82, 2.24) is 0 Å². The van der Waals surface area contributed by atoms with Crippen molar-refractivity contribution in [2.24, 2.45) is 5.92 Å². The molecule has 0 saturated carbocycles. The Kier molecular flexibility index (Phi) is 5.00.